The maximum absolute atomic E-state index is 5.21. The van der Waals surface area contributed by atoms with Gasteiger partial charge in [0.05, 0.1) is 0 Å². The molecule has 0 bridgehead atoms. The Kier molecular flexibility index (Phi) is 4.39. The van der Waals surface area contributed by atoms with Crippen LogP contribution in [0.4, 0.5) is 0 Å². The molecule has 0 amide bonds. The van der Waals surface area contributed by atoms with Crippen LogP contribution in [0.15, 0.2) is 0 Å². The second kappa shape index (κ2) is 3.72. The van der Waals surface area contributed by atoms with Gasteiger partial charge in [0.25, 0.3) is 0 Å². The Labute approximate surface area is 33.1 Å². The number of halogens is 1. The quantitative estimate of drug-likeness (QED) is 0.437. The van der Waals surface area contributed by atoms with Crippen molar-refractivity contribution in [1.82, 2.24) is 0 Å². The molecule has 0 radical (unpaired) electrons. The minimum absolute atomic E-state index is 0.613. The highest BCUT2D eigenvalue weighted by Gasteiger charge is 1.58. The van der Waals surface area contributed by atoms with Crippen LogP contribution in [0.5, 0.6) is 0 Å². The number of hydrogen-bond donors (Lipinski definition) is 0. The molecule has 0 N–H and O–H groups in total. The van der Waals surface area contributed by atoms with Crippen LogP contribution < -0.4 is 0 Å². The first-order valence-corrected chi connectivity index (χ1v) is 3.47. The molecule has 4 heavy (non-hydrogen) atoms. The summed E-state index contributed by atoms with van der Waals surface area (Å²) in [5.74, 6) is 0. The standard InChI is InChI=1S/C2H6ClP/c1-2-4-3/h4H,2H2,1H3. The van der Waals surface area contributed by atoms with Crippen molar-refractivity contribution >= 4 is 19.2 Å². The highest BCUT2D eigenvalue weighted by molar-refractivity contribution is 7.68. The highest BCUT2D eigenvalue weighted by Crippen LogP contribution is 2.12. The zero-order chi connectivity index (χ0) is 3.41. The molecule has 0 fully saturated rings. The molecule has 0 saturated heterocycles. The van der Waals surface area contributed by atoms with Crippen molar-refractivity contribution < 1.29 is 0 Å². The Hall–Kier alpha value is 0.720. The molecule has 0 aliphatic rings. The Morgan fingerprint density at radius 3 is 2.25 bits per heavy atom. The summed E-state index contributed by atoms with van der Waals surface area (Å²) in [6, 6.07) is 0. The number of hydrogen-bond acceptors (Lipinski definition) is 0. The van der Waals surface area contributed by atoms with Crippen molar-refractivity contribution in [2.75, 3.05) is 6.16 Å². The van der Waals surface area contributed by atoms with Gasteiger partial charge in [-0.2, -0.15) is 0 Å². The Bertz CT molecular complexity index is 8.00. The first-order valence-electron chi connectivity index (χ1n) is 1.25. The van der Waals surface area contributed by atoms with E-state index in [1.165, 1.54) is 0 Å². The molecule has 0 aliphatic heterocycles. The normalized spacial score (nSPS) is 10.5. The maximum atomic E-state index is 5.21. The lowest BCUT2D eigenvalue weighted by molar-refractivity contribution is 1.53. The minimum Gasteiger partial charge on any atom is -0.100 e. The van der Waals surface area contributed by atoms with Crippen molar-refractivity contribution in [1.29, 1.82) is 0 Å². The minimum atomic E-state index is 0.613. The maximum Gasteiger partial charge on any atom is -0.0243 e. The van der Waals surface area contributed by atoms with E-state index in [1.54, 1.807) is 0 Å². The Morgan fingerprint density at radius 2 is 2.25 bits per heavy atom. The predicted octanol–water partition coefficient (Wildman–Crippen LogP) is 1.84. The molecule has 0 aliphatic carbocycles. The van der Waals surface area contributed by atoms with Crippen LogP contribution in [0.3, 0.4) is 0 Å². The third kappa shape index (κ3) is 2.72. The van der Waals surface area contributed by atoms with Gasteiger partial charge in [-0.05, 0) is 14.1 Å². The van der Waals surface area contributed by atoms with E-state index in [0.717, 1.165) is 6.16 Å². The Morgan fingerprint density at radius 1 is 2.00 bits per heavy atom. The van der Waals surface area contributed by atoms with Crippen molar-refractivity contribution in [3.05, 3.63) is 0 Å². The summed E-state index contributed by atoms with van der Waals surface area (Å²) in [7, 11) is 0.613. The molecule has 0 heterocycles. The summed E-state index contributed by atoms with van der Waals surface area (Å²) in [5, 5.41) is 0. The zero-order valence-corrected chi connectivity index (χ0v) is 4.34. The molecule has 0 nitrogen and oxygen atoms in total. The van der Waals surface area contributed by atoms with E-state index in [0.29, 0.717) is 7.93 Å². The zero-order valence-electron chi connectivity index (χ0n) is 2.59. The summed E-state index contributed by atoms with van der Waals surface area (Å²) in [6.07, 6.45) is 1.11. The van der Waals surface area contributed by atoms with Crippen LogP contribution >= 0.6 is 19.2 Å². The lowest BCUT2D eigenvalue weighted by Crippen LogP contribution is -1.41. The molecule has 0 aromatic heterocycles. The van der Waals surface area contributed by atoms with Crippen LogP contribution in [0.25, 0.3) is 0 Å². The van der Waals surface area contributed by atoms with E-state index in [4.69, 9.17) is 11.2 Å². The third-order valence-electron chi connectivity index (χ3n) is 0.134. The van der Waals surface area contributed by atoms with Crippen molar-refractivity contribution in [2.24, 2.45) is 0 Å². The lowest BCUT2D eigenvalue weighted by atomic mass is 11.0. The molecule has 1 atom stereocenters. The molecule has 0 aromatic carbocycles. The van der Waals surface area contributed by atoms with Gasteiger partial charge in [-0.25, -0.2) is 0 Å². The van der Waals surface area contributed by atoms with Gasteiger partial charge in [-0.1, -0.05) is 6.92 Å². The van der Waals surface area contributed by atoms with Gasteiger partial charge in [0.15, 0.2) is 0 Å². The second-order valence-electron chi connectivity index (χ2n) is 0.487. The highest BCUT2D eigenvalue weighted by atomic mass is 35.7. The van der Waals surface area contributed by atoms with Gasteiger partial charge >= 0.3 is 0 Å². The fraction of sp³-hybridized carbons (Fsp3) is 1.00. The second-order valence-corrected chi connectivity index (χ2v) is 2.26. The summed E-state index contributed by atoms with van der Waals surface area (Å²) in [6.45, 7) is 2.06. The van der Waals surface area contributed by atoms with Gasteiger partial charge < -0.3 is 0 Å². The molecular formula is C2H6ClP. The molecular weight excluding hydrogens is 90.4 g/mol. The van der Waals surface area contributed by atoms with Crippen LogP contribution in [0, 0.1) is 0 Å². The van der Waals surface area contributed by atoms with Gasteiger partial charge in [-0.15, -0.1) is 11.2 Å². The van der Waals surface area contributed by atoms with E-state index < -0.39 is 0 Å². The molecule has 2 heteroatoms. The van der Waals surface area contributed by atoms with Crippen LogP contribution in [-0.2, 0) is 0 Å². The van der Waals surface area contributed by atoms with E-state index in [-0.39, 0.29) is 0 Å². The van der Waals surface area contributed by atoms with Crippen molar-refractivity contribution in [3.63, 3.8) is 0 Å². The van der Waals surface area contributed by atoms with E-state index in [1.807, 2.05) is 0 Å². The van der Waals surface area contributed by atoms with E-state index in [2.05, 4.69) is 6.92 Å². The van der Waals surface area contributed by atoms with Gasteiger partial charge in [0, 0.05) is 0 Å². The SMILES string of the molecule is CCPCl. The number of rotatable bonds is 1. The molecule has 0 aromatic rings. The summed E-state index contributed by atoms with van der Waals surface area (Å²) >= 11 is 5.21. The fourth-order valence-electron chi connectivity index (χ4n) is 0. The fourth-order valence-corrected chi connectivity index (χ4v) is 0. The molecule has 0 rings (SSSR count). The lowest BCUT2D eigenvalue weighted by Gasteiger charge is -1.66. The molecule has 26 valence electrons. The van der Waals surface area contributed by atoms with Gasteiger partial charge in [0.2, 0.25) is 0 Å². The van der Waals surface area contributed by atoms with Gasteiger partial charge in [0.1, 0.15) is 0 Å². The largest absolute Gasteiger partial charge is 0.100 e. The third-order valence-corrected chi connectivity index (χ3v) is 1.20. The van der Waals surface area contributed by atoms with Crippen molar-refractivity contribution in [3.8, 4) is 0 Å². The first-order chi connectivity index (χ1) is 1.91. The summed E-state index contributed by atoms with van der Waals surface area (Å²) < 4.78 is 0. The average Bonchev–Trinajstić information content (AvgIpc) is 1.37. The van der Waals surface area contributed by atoms with E-state index in [9.17, 15) is 0 Å². The summed E-state index contributed by atoms with van der Waals surface area (Å²) in [5.41, 5.74) is 0. The van der Waals surface area contributed by atoms with E-state index >= 15 is 0 Å². The van der Waals surface area contributed by atoms with Crippen LogP contribution in [0.2, 0.25) is 0 Å². The van der Waals surface area contributed by atoms with Crippen LogP contribution in [0.1, 0.15) is 6.92 Å². The molecule has 0 spiro atoms. The van der Waals surface area contributed by atoms with Crippen molar-refractivity contribution in [2.45, 2.75) is 6.92 Å². The monoisotopic (exact) mass is 96.0 g/mol. The predicted molar refractivity (Wildman–Crippen MR) is 24.7 cm³/mol. The first kappa shape index (κ1) is 4.72. The summed E-state index contributed by atoms with van der Waals surface area (Å²) in [4.78, 5) is 0. The topological polar surface area (TPSA) is 0 Å². The van der Waals surface area contributed by atoms with Gasteiger partial charge in [-0.3, -0.25) is 0 Å². The molecule has 1 unspecified atom stereocenters. The molecule has 0 saturated carbocycles. The smallest absolute Gasteiger partial charge is 0.0243 e. The Balaban J connectivity index is 1.97. The average molecular weight is 96.5 g/mol. The van der Waals surface area contributed by atoms with Crippen LogP contribution in [-0.4, -0.2) is 6.16 Å².